The highest BCUT2D eigenvalue weighted by atomic mass is 35.5. The molecule has 2 aromatic heterocycles. The van der Waals surface area contributed by atoms with Crippen LogP contribution in [0.3, 0.4) is 0 Å². The van der Waals surface area contributed by atoms with Crippen LogP contribution < -0.4 is 0 Å². The molecule has 5 heteroatoms. The fraction of sp³-hybridized carbons (Fsp3) is 0.545. The lowest BCUT2D eigenvalue weighted by Crippen LogP contribution is -2.14. The smallest absolute Gasteiger partial charge is 0.162 e. The Hall–Kier alpha value is -1.16. The van der Waals surface area contributed by atoms with Crippen molar-refractivity contribution in [3.05, 3.63) is 17.7 Å². The average Bonchev–Trinajstić information content (AvgIpc) is 2.75. The second kappa shape index (κ2) is 4.01. The van der Waals surface area contributed by atoms with Gasteiger partial charge in [0.15, 0.2) is 5.65 Å². The minimum absolute atomic E-state index is 0.484. The van der Waals surface area contributed by atoms with Crippen molar-refractivity contribution in [2.24, 2.45) is 0 Å². The number of halogens is 1. The summed E-state index contributed by atoms with van der Waals surface area (Å²) in [4.78, 5) is 8.25. The van der Waals surface area contributed by atoms with E-state index in [4.69, 9.17) is 11.6 Å². The Balaban J connectivity index is 2.06. The van der Waals surface area contributed by atoms with Gasteiger partial charge in [-0.25, -0.2) is 14.6 Å². The Morgan fingerprint density at radius 2 is 2.00 bits per heavy atom. The summed E-state index contributed by atoms with van der Waals surface area (Å²) >= 11 is 6.00. The largest absolute Gasteiger partial charge is 0.244 e. The van der Waals surface area contributed by atoms with Gasteiger partial charge in [0.1, 0.15) is 11.5 Å². The molecule has 0 saturated heterocycles. The van der Waals surface area contributed by atoms with Crippen molar-refractivity contribution in [2.75, 3.05) is 0 Å². The van der Waals surface area contributed by atoms with Gasteiger partial charge in [0.05, 0.1) is 17.6 Å². The Labute approximate surface area is 98.6 Å². The lowest BCUT2D eigenvalue weighted by atomic mass is 9.96. The van der Waals surface area contributed by atoms with Crippen LogP contribution in [0, 0.1) is 0 Å². The zero-order valence-electron chi connectivity index (χ0n) is 8.93. The predicted molar refractivity (Wildman–Crippen MR) is 62.5 cm³/mol. The summed E-state index contributed by atoms with van der Waals surface area (Å²) in [6, 6.07) is 0.484. The highest BCUT2D eigenvalue weighted by Gasteiger charge is 2.19. The van der Waals surface area contributed by atoms with E-state index in [0.29, 0.717) is 11.2 Å². The van der Waals surface area contributed by atoms with Crippen molar-refractivity contribution in [1.82, 2.24) is 19.7 Å². The van der Waals surface area contributed by atoms with E-state index in [1.165, 1.54) is 38.4 Å². The van der Waals surface area contributed by atoms with Gasteiger partial charge in [0, 0.05) is 0 Å². The van der Waals surface area contributed by atoms with Crippen molar-refractivity contribution in [1.29, 1.82) is 0 Å². The first-order valence-electron chi connectivity index (χ1n) is 5.70. The number of hydrogen-bond acceptors (Lipinski definition) is 3. The fourth-order valence-electron chi connectivity index (χ4n) is 2.43. The summed E-state index contributed by atoms with van der Waals surface area (Å²) in [5.74, 6) is 0. The van der Waals surface area contributed by atoms with Gasteiger partial charge >= 0.3 is 0 Å². The average molecular weight is 237 g/mol. The topological polar surface area (TPSA) is 43.6 Å². The van der Waals surface area contributed by atoms with Crippen LogP contribution in [0.25, 0.3) is 11.0 Å². The van der Waals surface area contributed by atoms with E-state index in [1.807, 2.05) is 4.68 Å². The Morgan fingerprint density at radius 1 is 1.19 bits per heavy atom. The molecule has 0 bridgehead atoms. The number of fused-ring (bicyclic) bond motifs is 1. The number of hydrogen-bond donors (Lipinski definition) is 0. The first kappa shape index (κ1) is 10.0. The van der Waals surface area contributed by atoms with E-state index in [0.717, 1.165) is 11.0 Å². The van der Waals surface area contributed by atoms with Gasteiger partial charge < -0.3 is 0 Å². The number of nitrogens with zero attached hydrogens (tertiary/aromatic N) is 4. The highest BCUT2D eigenvalue weighted by Crippen LogP contribution is 2.30. The van der Waals surface area contributed by atoms with Crippen molar-refractivity contribution in [3.63, 3.8) is 0 Å². The molecule has 2 heterocycles. The van der Waals surface area contributed by atoms with Crippen LogP contribution in [0.5, 0.6) is 0 Å². The predicted octanol–water partition coefficient (Wildman–Crippen LogP) is 2.98. The molecule has 0 aliphatic heterocycles. The Bertz CT molecular complexity index is 502. The van der Waals surface area contributed by atoms with Crippen LogP contribution in [0.4, 0.5) is 0 Å². The Kier molecular flexibility index (Phi) is 2.52. The molecule has 3 rings (SSSR count). The summed E-state index contributed by atoms with van der Waals surface area (Å²) in [7, 11) is 0. The minimum Gasteiger partial charge on any atom is -0.244 e. The molecule has 0 spiro atoms. The summed E-state index contributed by atoms with van der Waals surface area (Å²) in [6.07, 6.45) is 9.57. The van der Waals surface area contributed by atoms with Crippen LogP contribution in [-0.2, 0) is 0 Å². The van der Waals surface area contributed by atoms with Crippen molar-refractivity contribution in [2.45, 2.75) is 38.1 Å². The molecule has 0 unspecified atom stereocenters. The molecule has 0 amide bonds. The van der Waals surface area contributed by atoms with E-state index in [-0.39, 0.29) is 0 Å². The summed E-state index contributed by atoms with van der Waals surface area (Å²) in [5, 5.41) is 5.76. The van der Waals surface area contributed by atoms with Gasteiger partial charge in [-0.3, -0.25) is 0 Å². The third kappa shape index (κ3) is 1.57. The summed E-state index contributed by atoms with van der Waals surface area (Å²) in [5.41, 5.74) is 0.868. The third-order valence-electron chi connectivity index (χ3n) is 3.26. The fourth-order valence-corrected chi connectivity index (χ4v) is 2.60. The lowest BCUT2D eigenvalue weighted by molar-refractivity contribution is 0.336. The molecule has 0 radical (unpaired) electrons. The normalized spacial score (nSPS) is 18.1. The standard InChI is InChI=1S/C11H13ClN4/c12-10-9-6-15-16(11(9)14-7-13-10)8-4-2-1-3-5-8/h6-8H,1-5H2. The first-order valence-corrected chi connectivity index (χ1v) is 6.08. The second-order valence-electron chi connectivity index (χ2n) is 4.28. The molecule has 16 heavy (non-hydrogen) atoms. The van der Waals surface area contributed by atoms with Gasteiger partial charge in [0.2, 0.25) is 0 Å². The SMILES string of the molecule is Clc1ncnc2c1cnn2C1CCCCC1. The lowest BCUT2D eigenvalue weighted by Gasteiger charge is -2.22. The van der Waals surface area contributed by atoms with Gasteiger partial charge in [-0.15, -0.1) is 0 Å². The van der Waals surface area contributed by atoms with E-state index in [9.17, 15) is 0 Å². The van der Waals surface area contributed by atoms with Crippen LogP contribution in [0.15, 0.2) is 12.5 Å². The maximum absolute atomic E-state index is 6.00. The maximum Gasteiger partial charge on any atom is 0.162 e. The molecule has 0 atom stereocenters. The van der Waals surface area contributed by atoms with E-state index < -0.39 is 0 Å². The molecular formula is C11H13ClN4. The quantitative estimate of drug-likeness (QED) is 0.715. The van der Waals surface area contributed by atoms with Crippen LogP contribution in [-0.4, -0.2) is 19.7 Å². The highest BCUT2D eigenvalue weighted by molar-refractivity contribution is 6.33. The van der Waals surface area contributed by atoms with E-state index >= 15 is 0 Å². The third-order valence-corrected chi connectivity index (χ3v) is 3.56. The molecule has 0 N–H and O–H groups in total. The number of aromatic nitrogens is 4. The van der Waals surface area contributed by atoms with Gasteiger partial charge in [-0.05, 0) is 12.8 Å². The monoisotopic (exact) mass is 236 g/mol. The van der Waals surface area contributed by atoms with Crippen molar-refractivity contribution in [3.8, 4) is 0 Å². The molecular weight excluding hydrogens is 224 g/mol. The van der Waals surface area contributed by atoms with Crippen molar-refractivity contribution < 1.29 is 0 Å². The van der Waals surface area contributed by atoms with Crippen molar-refractivity contribution >= 4 is 22.6 Å². The summed E-state index contributed by atoms with van der Waals surface area (Å²) in [6.45, 7) is 0. The minimum atomic E-state index is 0.484. The van der Waals surface area contributed by atoms with Crippen LogP contribution >= 0.6 is 11.6 Å². The van der Waals surface area contributed by atoms with Crippen LogP contribution in [0.1, 0.15) is 38.1 Å². The van der Waals surface area contributed by atoms with Gasteiger partial charge in [0.25, 0.3) is 0 Å². The molecule has 1 aliphatic carbocycles. The van der Waals surface area contributed by atoms with Gasteiger partial charge in [-0.1, -0.05) is 30.9 Å². The summed E-state index contributed by atoms with van der Waals surface area (Å²) < 4.78 is 2.02. The first-order chi connectivity index (χ1) is 7.86. The van der Waals surface area contributed by atoms with E-state index in [1.54, 1.807) is 6.20 Å². The molecule has 1 fully saturated rings. The number of rotatable bonds is 1. The maximum atomic E-state index is 6.00. The molecule has 2 aromatic rings. The molecule has 4 nitrogen and oxygen atoms in total. The zero-order valence-corrected chi connectivity index (χ0v) is 9.69. The molecule has 84 valence electrons. The van der Waals surface area contributed by atoms with Gasteiger partial charge in [-0.2, -0.15) is 5.10 Å². The molecule has 0 aromatic carbocycles. The van der Waals surface area contributed by atoms with E-state index in [2.05, 4.69) is 15.1 Å². The molecule has 1 saturated carbocycles. The Morgan fingerprint density at radius 3 is 2.81 bits per heavy atom. The molecule has 1 aliphatic rings. The van der Waals surface area contributed by atoms with Crippen LogP contribution in [0.2, 0.25) is 5.15 Å². The zero-order chi connectivity index (χ0) is 11.0. The second-order valence-corrected chi connectivity index (χ2v) is 4.64.